The zero-order chi connectivity index (χ0) is 26.4. The fourth-order valence-electron chi connectivity index (χ4n) is 4.20. The lowest BCUT2D eigenvalue weighted by Crippen LogP contribution is -2.40. The minimum Gasteiger partial charge on any atom is -0.496 e. The maximum atomic E-state index is 13.5. The summed E-state index contributed by atoms with van der Waals surface area (Å²) in [7, 11) is 1.51. The quantitative estimate of drug-likeness (QED) is 0.261. The summed E-state index contributed by atoms with van der Waals surface area (Å²) in [6.45, 7) is 0.238. The summed E-state index contributed by atoms with van der Waals surface area (Å²) in [6.07, 6.45) is 1.77. The molecule has 1 aromatic heterocycles. The Balaban J connectivity index is 1.55. The molecule has 37 heavy (non-hydrogen) atoms. The van der Waals surface area contributed by atoms with Crippen LogP contribution in [-0.2, 0) is 17.9 Å². The zero-order valence-corrected chi connectivity index (χ0v) is 20.3. The van der Waals surface area contributed by atoms with Gasteiger partial charge in [0, 0.05) is 29.8 Å². The summed E-state index contributed by atoms with van der Waals surface area (Å²) in [6, 6.07) is 17.3. The molecule has 1 amide bonds. The number of halogens is 1. The van der Waals surface area contributed by atoms with Crippen molar-refractivity contribution in [2.24, 2.45) is 0 Å². The molecule has 9 heteroatoms. The Morgan fingerprint density at radius 3 is 2.49 bits per heavy atom. The molecule has 0 radical (unpaired) electrons. The van der Waals surface area contributed by atoms with E-state index in [0.717, 1.165) is 6.29 Å². The number of hydrogen-bond donors (Lipinski definition) is 1. The van der Waals surface area contributed by atoms with Gasteiger partial charge in [0.25, 0.3) is 5.56 Å². The van der Waals surface area contributed by atoms with Gasteiger partial charge in [-0.2, -0.15) is 0 Å². The summed E-state index contributed by atoms with van der Waals surface area (Å²) >= 11 is 0. The average Bonchev–Trinajstić information content (AvgIpc) is 2.91. The number of amides is 1. The molecule has 0 saturated heterocycles. The number of fused-ring (bicyclic) bond motifs is 1. The monoisotopic (exact) mass is 503 g/mol. The summed E-state index contributed by atoms with van der Waals surface area (Å²) in [5, 5.41) is 3.09. The molecule has 190 valence electrons. The van der Waals surface area contributed by atoms with Gasteiger partial charge < -0.3 is 10.1 Å². The highest BCUT2D eigenvalue weighted by Gasteiger charge is 2.15. The van der Waals surface area contributed by atoms with E-state index in [-0.39, 0.29) is 31.2 Å². The Kier molecular flexibility index (Phi) is 7.92. The van der Waals surface area contributed by atoms with Gasteiger partial charge in [-0.05, 0) is 67.4 Å². The number of carbonyl (C=O) groups excluding carboxylic acids is 2. The first-order chi connectivity index (χ1) is 17.9. The largest absolute Gasteiger partial charge is 0.496 e. The first-order valence-electron chi connectivity index (χ1n) is 11.8. The third-order valence-corrected chi connectivity index (χ3v) is 6.06. The van der Waals surface area contributed by atoms with Gasteiger partial charge in [0.2, 0.25) is 5.91 Å². The van der Waals surface area contributed by atoms with Crippen LogP contribution >= 0.6 is 0 Å². The topological polar surface area (TPSA) is 99.4 Å². The van der Waals surface area contributed by atoms with Crippen LogP contribution in [0, 0.1) is 5.82 Å². The maximum Gasteiger partial charge on any atom is 0.331 e. The number of ether oxygens (including phenoxy) is 1. The third-order valence-electron chi connectivity index (χ3n) is 6.06. The molecule has 8 nitrogen and oxygen atoms in total. The fourth-order valence-corrected chi connectivity index (χ4v) is 4.20. The van der Waals surface area contributed by atoms with E-state index in [1.165, 1.54) is 40.5 Å². The van der Waals surface area contributed by atoms with Gasteiger partial charge in [-0.1, -0.05) is 12.1 Å². The Morgan fingerprint density at radius 2 is 1.76 bits per heavy atom. The van der Waals surface area contributed by atoms with E-state index in [0.29, 0.717) is 46.3 Å². The van der Waals surface area contributed by atoms with Gasteiger partial charge >= 0.3 is 5.69 Å². The first-order valence-corrected chi connectivity index (χ1v) is 11.8. The van der Waals surface area contributed by atoms with Crippen LogP contribution in [0.3, 0.4) is 0 Å². The molecule has 1 heterocycles. The number of nitrogens with one attached hydrogen (secondary N) is 1. The molecule has 0 saturated carbocycles. The van der Waals surface area contributed by atoms with E-state index >= 15 is 0 Å². The minimum absolute atomic E-state index is 0.102. The van der Waals surface area contributed by atoms with E-state index in [2.05, 4.69) is 5.32 Å². The van der Waals surface area contributed by atoms with Gasteiger partial charge in [0.1, 0.15) is 17.9 Å². The van der Waals surface area contributed by atoms with Crippen LogP contribution in [0.2, 0.25) is 0 Å². The number of hydrogen-bond acceptors (Lipinski definition) is 5. The summed E-state index contributed by atoms with van der Waals surface area (Å²) in [4.78, 5) is 50.1. The van der Waals surface area contributed by atoms with Crippen molar-refractivity contribution in [3.63, 3.8) is 0 Å². The number of anilines is 1. The number of rotatable bonds is 10. The summed E-state index contributed by atoms with van der Waals surface area (Å²) < 4.78 is 21.1. The summed E-state index contributed by atoms with van der Waals surface area (Å²) in [5.74, 6) is -0.108. The molecule has 0 aliphatic heterocycles. The van der Waals surface area contributed by atoms with Crippen LogP contribution in [0.5, 0.6) is 5.75 Å². The van der Waals surface area contributed by atoms with Crippen LogP contribution in [-0.4, -0.2) is 28.4 Å². The average molecular weight is 504 g/mol. The molecular weight excluding hydrogens is 477 g/mol. The Hall–Kier alpha value is -4.53. The van der Waals surface area contributed by atoms with Gasteiger partial charge in [0.15, 0.2) is 0 Å². The number of carbonyl (C=O) groups is 2. The molecule has 0 aliphatic rings. The van der Waals surface area contributed by atoms with Gasteiger partial charge in [-0.25, -0.2) is 9.18 Å². The highest BCUT2D eigenvalue weighted by molar-refractivity contribution is 5.90. The predicted octanol–water partition coefficient (Wildman–Crippen LogP) is 3.98. The van der Waals surface area contributed by atoms with Crippen molar-refractivity contribution >= 4 is 28.8 Å². The van der Waals surface area contributed by atoms with Gasteiger partial charge in [-0.15, -0.1) is 0 Å². The molecule has 0 unspecified atom stereocenters. The van der Waals surface area contributed by atoms with E-state index in [1.54, 1.807) is 42.5 Å². The normalized spacial score (nSPS) is 10.9. The van der Waals surface area contributed by atoms with Gasteiger partial charge in [0.05, 0.1) is 24.6 Å². The predicted molar refractivity (Wildman–Crippen MR) is 139 cm³/mol. The number of methoxy groups -OCH3 is 1. The molecule has 1 N–H and O–H groups in total. The molecule has 0 fully saturated rings. The molecule has 4 aromatic rings. The van der Waals surface area contributed by atoms with Crippen LogP contribution < -0.4 is 21.3 Å². The van der Waals surface area contributed by atoms with Crippen molar-refractivity contribution in [3.05, 3.63) is 105 Å². The van der Waals surface area contributed by atoms with Crippen molar-refractivity contribution in [2.45, 2.75) is 32.4 Å². The standard InChI is InChI=1S/C28H26FN3O5/c1-37-25-14-9-19(18-33)16-20(25)17-32-24-7-3-2-6-23(24)27(35)31(28(32)36)15-5-4-8-26(34)30-22-12-10-21(29)11-13-22/h2-3,6-7,9-14,16,18H,4-5,8,15,17H2,1H3,(H,30,34). The lowest BCUT2D eigenvalue weighted by atomic mass is 10.1. The molecular formula is C28H26FN3O5. The van der Waals surface area contributed by atoms with Crippen LogP contribution in [0.4, 0.5) is 10.1 Å². The maximum absolute atomic E-state index is 13.5. The number of benzene rings is 3. The van der Waals surface area contributed by atoms with E-state index in [9.17, 15) is 23.6 Å². The third kappa shape index (κ3) is 5.83. The van der Waals surface area contributed by atoms with Crippen molar-refractivity contribution in [1.82, 2.24) is 9.13 Å². The highest BCUT2D eigenvalue weighted by Crippen LogP contribution is 2.21. The minimum atomic E-state index is -0.488. The fraction of sp³-hybridized carbons (Fsp3) is 0.214. The second kappa shape index (κ2) is 11.5. The number of aldehydes is 1. The lowest BCUT2D eigenvalue weighted by Gasteiger charge is -2.16. The van der Waals surface area contributed by atoms with E-state index in [4.69, 9.17) is 4.74 Å². The van der Waals surface area contributed by atoms with E-state index in [1.807, 2.05) is 0 Å². The first kappa shape index (κ1) is 25.6. The molecule has 4 rings (SSSR count). The lowest BCUT2D eigenvalue weighted by molar-refractivity contribution is -0.116. The molecule has 0 spiro atoms. The van der Waals surface area contributed by atoms with Crippen molar-refractivity contribution in [1.29, 1.82) is 0 Å². The second-order valence-corrected chi connectivity index (χ2v) is 8.54. The van der Waals surface area contributed by atoms with Crippen molar-refractivity contribution in [2.75, 3.05) is 12.4 Å². The Labute approximate surface area is 211 Å². The molecule has 3 aromatic carbocycles. The van der Waals surface area contributed by atoms with Crippen LogP contribution in [0.15, 0.2) is 76.3 Å². The Morgan fingerprint density at radius 1 is 1.00 bits per heavy atom. The van der Waals surface area contributed by atoms with Crippen LogP contribution in [0.1, 0.15) is 35.2 Å². The van der Waals surface area contributed by atoms with Gasteiger partial charge in [-0.3, -0.25) is 23.5 Å². The smallest absolute Gasteiger partial charge is 0.331 e. The van der Waals surface area contributed by atoms with Crippen molar-refractivity contribution < 1.29 is 18.7 Å². The molecule has 0 aliphatic carbocycles. The number of nitrogens with zero attached hydrogens (tertiary/aromatic N) is 2. The highest BCUT2D eigenvalue weighted by atomic mass is 19.1. The number of aromatic nitrogens is 2. The van der Waals surface area contributed by atoms with Crippen molar-refractivity contribution in [3.8, 4) is 5.75 Å². The molecule has 0 bridgehead atoms. The SMILES string of the molecule is COc1ccc(C=O)cc1Cn1c(=O)n(CCCCC(=O)Nc2ccc(F)cc2)c(=O)c2ccccc21. The number of unbranched alkanes of at least 4 members (excludes halogenated alkanes) is 1. The summed E-state index contributed by atoms with van der Waals surface area (Å²) in [5.41, 5.74) is 1.15. The molecule has 0 atom stereocenters. The Bertz CT molecular complexity index is 1560. The van der Waals surface area contributed by atoms with E-state index < -0.39 is 11.2 Å². The second-order valence-electron chi connectivity index (χ2n) is 8.54. The number of para-hydroxylation sites is 1. The van der Waals surface area contributed by atoms with Crippen LogP contribution in [0.25, 0.3) is 10.9 Å². The zero-order valence-electron chi connectivity index (χ0n) is 20.3.